The fraction of sp³-hybridized carbons (Fsp3) is 0. The Hall–Kier alpha value is 1.52. The lowest BCUT2D eigenvalue weighted by atomic mass is 31.1. The van der Waals surface area contributed by atoms with E-state index >= 15 is 0 Å². The lowest BCUT2D eigenvalue weighted by Gasteiger charge is -1.45. The van der Waals surface area contributed by atoms with Crippen LogP contribution in [0.1, 0.15) is 0 Å². The van der Waals surface area contributed by atoms with E-state index in [-0.39, 0.29) is 0 Å². The van der Waals surface area contributed by atoms with Gasteiger partial charge in [-0.3, -0.25) is 0 Å². The number of thiol groups is 1. The first-order valence-corrected chi connectivity index (χ1v) is 6.11. The van der Waals surface area contributed by atoms with E-state index in [1.54, 1.807) is 21.2 Å². The molecule has 0 saturated heterocycles. The summed E-state index contributed by atoms with van der Waals surface area (Å²) < 4.78 is 6.64. The first kappa shape index (κ1) is 3.70. The average molecular weight is 225 g/mol. The first-order chi connectivity index (χ1) is 2.00. The summed E-state index contributed by atoms with van der Waals surface area (Å²) in [6, 6.07) is 0. The molecule has 0 bridgehead atoms. The van der Waals surface area contributed by atoms with Gasteiger partial charge in [-0.05, 0) is 27.5 Å². The third kappa shape index (κ3) is 9.68. The van der Waals surface area contributed by atoms with Gasteiger partial charge in [-0.1, -0.05) is 0 Å². The summed E-state index contributed by atoms with van der Waals surface area (Å²) in [4.78, 5) is 0. The highest BCUT2D eigenvalue weighted by molar-refractivity contribution is 14.2. The minimum absolute atomic E-state index is 1.76. The fourth-order valence-corrected chi connectivity index (χ4v) is 0. The molecule has 0 rings (SSSR count). The molecule has 0 aromatic rings. The van der Waals surface area contributed by atoms with E-state index in [0.717, 1.165) is 0 Å². The topological polar surface area (TPSA) is 0 Å². The maximum absolute atomic E-state index is 6.64. The van der Waals surface area contributed by atoms with Crippen molar-refractivity contribution in [1.29, 1.82) is 1.12 Å². The van der Waals surface area contributed by atoms with E-state index in [2.05, 4.69) is 22.4 Å². The summed E-state index contributed by atoms with van der Waals surface area (Å²) in [6.07, 6.45) is 0. The minimum Gasteiger partial charge on any atom is -0.0458 e. The van der Waals surface area contributed by atoms with Crippen molar-refractivity contribution in [3.05, 3.63) is 0 Å². The van der Waals surface area contributed by atoms with Gasteiger partial charge in [0.05, 0.1) is 0 Å². The molecule has 0 aromatic carbocycles. The van der Waals surface area contributed by atoms with Crippen molar-refractivity contribution < 1.29 is 0 Å². The largest absolute Gasteiger partial charge is 0.124 e. The molecule has 4 heteroatoms. The second kappa shape index (κ2) is 2.74. The number of rotatable bonds is 0. The molecule has 4 heavy (non-hydrogen) atoms. The lowest BCUT2D eigenvalue weighted by Crippen LogP contribution is -1.26. The predicted molar refractivity (Wildman–Crippen MR) is 37.5 cm³/mol. The van der Waals surface area contributed by atoms with Crippen LogP contribution in [0, 0.1) is 0 Å². The van der Waals surface area contributed by atoms with Gasteiger partial charge in [-0.15, -0.1) is 0 Å². The molecular formula is HIS3. The van der Waals surface area contributed by atoms with Crippen LogP contribution in [-0.4, -0.2) is 1.12 Å². The van der Waals surface area contributed by atoms with Crippen LogP contribution in [0.4, 0.5) is 0 Å². The maximum Gasteiger partial charge on any atom is 0.124 e. The Balaban J connectivity index is 4.06. The molecule has 0 nitrogen and oxygen atoms in total. The van der Waals surface area contributed by atoms with Crippen LogP contribution in [0.5, 0.6) is 0 Å². The van der Waals surface area contributed by atoms with Gasteiger partial charge in [0.15, 0.2) is 0 Å². The summed E-state index contributed by atoms with van der Waals surface area (Å²) in [6.45, 7) is 0. The Morgan fingerprint density at radius 2 is 2.00 bits per heavy atom. The van der Waals surface area contributed by atoms with Crippen molar-refractivity contribution in [3.8, 4) is 0 Å². The summed E-state index contributed by atoms with van der Waals surface area (Å²) in [7, 11) is 0. The van der Waals surface area contributed by atoms with Crippen LogP contribution in [0.2, 0.25) is 0 Å². The summed E-state index contributed by atoms with van der Waals surface area (Å²) in [5.41, 5.74) is 0. The highest BCUT2D eigenvalue weighted by Crippen LogP contribution is 1.74. The van der Waals surface area contributed by atoms with Gasteiger partial charge >= 0.3 is 0 Å². The van der Waals surface area contributed by atoms with Crippen molar-refractivity contribution in [2.24, 2.45) is 0 Å². The lowest BCUT2D eigenvalue weighted by molar-refractivity contribution is 6.30. The molecule has 0 spiro atoms. The van der Waals surface area contributed by atoms with E-state index < -0.39 is 5.09 Å². The predicted octanol–water partition coefficient (Wildman–Crippen LogP) is 0.611. The van der Waals surface area contributed by atoms with Crippen molar-refractivity contribution in [2.45, 2.75) is 0 Å². The van der Waals surface area contributed by atoms with Gasteiger partial charge in [0, 0.05) is 21.2 Å². The van der Waals surface area contributed by atoms with Gasteiger partial charge in [0.1, 0.15) is 1.12 Å². The van der Waals surface area contributed by atoms with E-state index in [4.69, 9.17) is 1.12 Å². The van der Waals surface area contributed by atoms with Crippen LogP contribution < -0.4 is 0 Å². The van der Waals surface area contributed by atoms with Crippen LogP contribution >= 0.6 is 21.2 Å². The highest BCUT2D eigenvalue weighted by atomic mass is 127. The summed E-state index contributed by atoms with van der Waals surface area (Å²) in [5, 5.41) is -1.78. The van der Waals surface area contributed by atoms with E-state index in [0.29, 0.717) is 0 Å². The normalized spacial score (nSPS) is 14.8. The Morgan fingerprint density at radius 1 is 2.00 bits per heavy atom. The minimum atomic E-state index is -1.78. The third-order valence-electron chi connectivity index (χ3n) is 0. The Labute approximate surface area is 49.5 Å². The van der Waals surface area contributed by atoms with Gasteiger partial charge in [0.25, 0.3) is 0 Å². The molecule has 26 valence electrons. The molecule has 0 radical (unpaired) electrons. The third-order valence-corrected chi connectivity index (χ3v) is 0. The number of halogens is 1. The maximum atomic E-state index is 6.64. The summed E-state index contributed by atoms with van der Waals surface area (Å²) in [5.74, 6) is 0. The zero-order valence-corrected chi connectivity index (χ0v) is 6.21. The zero-order valence-electron chi connectivity index (χ0n) is 2.60. The van der Waals surface area contributed by atoms with Crippen molar-refractivity contribution in [3.63, 3.8) is 0 Å². The Morgan fingerprint density at radius 3 is 2.00 bits per heavy atom. The molecule has 0 aliphatic carbocycles. The van der Waals surface area contributed by atoms with E-state index in [9.17, 15) is 0 Å². The van der Waals surface area contributed by atoms with Gasteiger partial charge in [-0.25, -0.2) is 0 Å². The van der Waals surface area contributed by atoms with E-state index in [1.807, 2.05) is 0 Å². The molecule has 0 fully saturated rings. The monoisotopic (exact) mass is 225 g/mol. The summed E-state index contributed by atoms with van der Waals surface area (Å²) >= 11 is 10.5. The molecular weight excluding hydrogens is 223 g/mol. The molecule has 0 unspecified atom stereocenters. The number of hydrogen-bond donors (Lipinski definition) is 1. The second-order valence-electron chi connectivity index (χ2n) is 0.194. The van der Waals surface area contributed by atoms with E-state index in [1.165, 1.54) is 0 Å². The van der Waals surface area contributed by atoms with Crippen molar-refractivity contribution in [1.82, 2.24) is 0 Å². The molecule has 0 N–H and O–H groups in total. The molecule has 0 aromatic heterocycles. The molecule has 0 heterocycles. The second-order valence-corrected chi connectivity index (χ2v) is 9.44. The highest BCUT2D eigenvalue weighted by Gasteiger charge is 1.38. The Bertz CT molecular complexity index is 90.1. The standard InChI is InChI=1S/HIS3/c1-4(2)3/h4H/i4D. The number of hydrogen-bond acceptors (Lipinski definition) is 2. The molecule has 0 saturated carbocycles. The van der Waals surface area contributed by atoms with Crippen LogP contribution in [-0.2, 0) is 27.5 Å². The fourth-order valence-electron chi connectivity index (χ4n) is 0. The van der Waals surface area contributed by atoms with Gasteiger partial charge in [0.2, 0.25) is 0 Å². The molecule has 0 atom stereocenters. The van der Waals surface area contributed by atoms with Crippen molar-refractivity contribution in [2.75, 3.05) is 0 Å². The molecule has 0 aliphatic heterocycles. The van der Waals surface area contributed by atoms with Crippen LogP contribution in [0.3, 0.4) is 0 Å². The first-order valence-electron chi connectivity index (χ1n) is 0.896. The molecule has 0 amide bonds. The van der Waals surface area contributed by atoms with Crippen LogP contribution in [0.15, 0.2) is 0 Å². The quantitative estimate of drug-likeness (QED) is 0.364. The SMILES string of the molecule is [2H]S(=S)(=S)I. The average Bonchev–Trinajstić information content (AvgIpc) is 0.722. The molecule has 0 aliphatic rings. The van der Waals surface area contributed by atoms with Gasteiger partial charge in [-0.2, -0.15) is 0 Å². The smallest absolute Gasteiger partial charge is 0.0458 e. The Kier molecular flexibility index (Phi) is 2.54. The van der Waals surface area contributed by atoms with Gasteiger partial charge < -0.3 is 0 Å². The zero-order chi connectivity index (χ0) is 4.50. The van der Waals surface area contributed by atoms with Crippen LogP contribution in [0.25, 0.3) is 0 Å². The van der Waals surface area contributed by atoms with Crippen molar-refractivity contribution >= 4 is 48.7 Å².